The van der Waals surface area contributed by atoms with Gasteiger partial charge in [-0.25, -0.2) is 0 Å². The fraction of sp³-hybridized carbons (Fsp3) is 1.00. The van der Waals surface area contributed by atoms with E-state index in [0.29, 0.717) is 0 Å². The monoisotopic (exact) mass is 265 g/mol. The van der Waals surface area contributed by atoms with E-state index in [9.17, 15) is 3.08 Å². The minimum atomic E-state index is -1.65. The maximum atomic E-state index is 10.2. The summed E-state index contributed by atoms with van der Waals surface area (Å²) in [6, 6.07) is 0. The van der Waals surface area contributed by atoms with Crippen molar-refractivity contribution < 1.29 is 6.15 Å². The topological polar surface area (TPSA) is 26.3 Å². The van der Waals surface area contributed by atoms with Crippen molar-refractivity contribution in [2.75, 3.05) is 0 Å². The second-order valence-corrected chi connectivity index (χ2v) is 4.01. The Bertz CT molecular complexity index is 96.1. The Morgan fingerprint density at radius 2 is 2.09 bits per heavy atom. The summed E-state index contributed by atoms with van der Waals surface area (Å²) >= 11 is -1.65. The van der Waals surface area contributed by atoms with Crippen molar-refractivity contribution in [1.29, 1.82) is 0 Å². The van der Waals surface area contributed by atoms with Crippen molar-refractivity contribution in [3.63, 3.8) is 0 Å². The zero-order valence-electron chi connectivity index (χ0n) is 7.43. The summed E-state index contributed by atoms with van der Waals surface area (Å²) in [4.78, 5) is 0. The zero-order valence-corrected chi connectivity index (χ0v) is 10.3. The van der Waals surface area contributed by atoms with Crippen LogP contribution >= 0.6 is 0 Å². The summed E-state index contributed by atoms with van der Waals surface area (Å²) in [5, 5.41) is 0. The maximum absolute atomic E-state index is 10.2. The van der Waals surface area contributed by atoms with Crippen LogP contribution in [0.15, 0.2) is 0 Å². The van der Waals surface area contributed by atoms with Crippen LogP contribution in [-0.4, -0.2) is 27.6 Å². The first kappa shape index (κ1) is 11.6. The SMILES string of the molecule is CCCCCCC(C)[O][Sn]=[O]. The fourth-order valence-electron chi connectivity index (χ4n) is 1.000. The standard InChI is InChI=1S/C8H17O.O.Sn/c1-3-4-5-6-7-8(2)9;;/h8H,3-7H2,1-2H3;;/q-1;;+1. The molecule has 0 heterocycles. The molecular formula is C8H17O2Sn. The first-order valence-corrected chi connectivity index (χ1v) is 6.67. The molecule has 0 aromatic rings. The third-order valence-corrected chi connectivity index (χ3v) is 3.14. The average Bonchev–Trinajstić information content (AvgIpc) is 1.99. The third kappa shape index (κ3) is 8.47. The third-order valence-electron chi connectivity index (χ3n) is 1.71. The molecule has 11 heavy (non-hydrogen) atoms. The molecule has 0 amide bonds. The quantitative estimate of drug-likeness (QED) is 0.521. The van der Waals surface area contributed by atoms with E-state index in [1.807, 2.05) is 6.92 Å². The average molecular weight is 264 g/mol. The van der Waals surface area contributed by atoms with Crippen molar-refractivity contribution in [2.45, 2.75) is 52.1 Å². The number of hydrogen-bond donors (Lipinski definition) is 0. The van der Waals surface area contributed by atoms with Gasteiger partial charge in [-0.3, -0.25) is 0 Å². The van der Waals surface area contributed by atoms with Gasteiger partial charge in [-0.1, -0.05) is 0 Å². The molecule has 0 bridgehead atoms. The van der Waals surface area contributed by atoms with E-state index >= 15 is 0 Å². The summed E-state index contributed by atoms with van der Waals surface area (Å²) in [5.41, 5.74) is 0. The van der Waals surface area contributed by atoms with Gasteiger partial charge in [0, 0.05) is 0 Å². The molecule has 0 aliphatic rings. The Morgan fingerprint density at radius 1 is 1.36 bits per heavy atom. The molecular weight excluding hydrogens is 247 g/mol. The Balaban J connectivity index is 3.03. The van der Waals surface area contributed by atoms with Gasteiger partial charge in [-0.2, -0.15) is 0 Å². The zero-order chi connectivity index (χ0) is 8.53. The molecule has 0 saturated carbocycles. The van der Waals surface area contributed by atoms with Crippen LogP contribution in [0.4, 0.5) is 0 Å². The Hall–Kier alpha value is 0.559. The molecule has 0 rings (SSSR count). The van der Waals surface area contributed by atoms with E-state index in [-0.39, 0.29) is 6.10 Å². The summed E-state index contributed by atoms with van der Waals surface area (Å²) in [7, 11) is 0. The molecule has 3 heteroatoms. The van der Waals surface area contributed by atoms with Crippen molar-refractivity contribution in [3.8, 4) is 0 Å². The molecule has 1 unspecified atom stereocenters. The van der Waals surface area contributed by atoms with E-state index in [2.05, 4.69) is 6.92 Å². The van der Waals surface area contributed by atoms with E-state index in [0.717, 1.165) is 6.42 Å². The van der Waals surface area contributed by atoms with Crippen LogP contribution in [0.2, 0.25) is 0 Å². The second kappa shape index (κ2) is 8.65. The summed E-state index contributed by atoms with van der Waals surface area (Å²) in [6.45, 7) is 4.21. The fourth-order valence-corrected chi connectivity index (χ4v) is 1.80. The molecule has 0 aliphatic carbocycles. The van der Waals surface area contributed by atoms with Gasteiger partial charge in [-0.05, 0) is 0 Å². The van der Waals surface area contributed by atoms with Crippen LogP contribution in [-0.2, 0) is 6.15 Å². The van der Waals surface area contributed by atoms with Crippen LogP contribution in [0.5, 0.6) is 0 Å². The molecule has 0 N–H and O–H groups in total. The van der Waals surface area contributed by atoms with Crippen molar-refractivity contribution >= 4 is 21.5 Å². The van der Waals surface area contributed by atoms with Gasteiger partial charge in [0.15, 0.2) is 0 Å². The second-order valence-electron chi connectivity index (χ2n) is 2.86. The van der Waals surface area contributed by atoms with Gasteiger partial charge >= 0.3 is 79.7 Å². The summed E-state index contributed by atoms with van der Waals surface area (Å²) in [5.74, 6) is 0. The Morgan fingerprint density at radius 3 is 2.64 bits per heavy atom. The van der Waals surface area contributed by atoms with Gasteiger partial charge in [0.2, 0.25) is 0 Å². The summed E-state index contributed by atoms with van der Waals surface area (Å²) < 4.78 is 15.2. The van der Waals surface area contributed by atoms with Crippen LogP contribution in [0.25, 0.3) is 0 Å². The molecule has 65 valence electrons. The van der Waals surface area contributed by atoms with Crippen molar-refractivity contribution in [1.82, 2.24) is 0 Å². The summed E-state index contributed by atoms with van der Waals surface area (Å²) in [6.07, 6.45) is 6.39. The molecule has 0 aromatic carbocycles. The van der Waals surface area contributed by atoms with Crippen LogP contribution < -0.4 is 0 Å². The molecule has 0 aliphatic heterocycles. The van der Waals surface area contributed by atoms with Crippen LogP contribution in [0, 0.1) is 0 Å². The number of hydrogen-bond acceptors (Lipinski definition) is 2. The number of unbranched alkanes of at least 4 members (excludes halogenated alkanes) is 3. The van der Waals surface area contributed by atoms with Crippen molar-refractivity contribution in [3.05, 3.63) is 0 Å². The molecule has 1 radical (unpaired) electrons. The molecule has 1 atom stereocenters. The van der Waals surface area contributed by atoms with E-state index in [4.69, 9.17) is 3.07 Å². The van der Waals surface area contributed by atoms with Gasteiger partial charge in [-0.15, -0.1) is 0 Å². The van der Waals surface area contributed by atoms with E-state index < -0.39 is 21.5 Å². The molecule has 2 nitrogen and oxygen atoms in total. The molecule has 0 saturated heterocycles. The Labute approximate surface area is 79.9 Å². The van der Waals surface area contributed by atoms with E-state index in [1.54, 1.807) is 0 Å². The first-order valence-electron chi connectivity index (χ1n) is 4.34. The van der Waals surface area contributed by atoms with Gasteiger partial charge < -0.3 is 0 Å². The van der Waals surface area contributed by atoms with Gasteiger partial charge in [0.25, 0.3) is 0 Å². The van der Waals surface area contributed by atoms with Crippen LogP contribution in [0.1, 0.15) is 46.0 Å². The molecule has 0 aromatic heterocycles. The minimum absolute atomic E-state index is 0.232. The Kier molecular flexibility index (Phi) is 9.09. The molecule has 0 fully saturated rings. The van der Waals surface area contributed by atoms with Gasteiger partial charge in [0.05, 0.1) is 0 Å². The van der Waals surface area contributed by atoms with Crippen molar-refractivity contribution in [2.24, 2.45) is 0 Å². The number of rotatable bonds is 7. The molecule has 0 spiro atoms. The first-order chi connectivity index (χ1) is 5.31. The predicted octanol–water partition coefficient (Wildman–Crippen LogP) is 2.33. The normalized spacial score (nSPS) is 12.9. The predicted molar refractivity (Wildman–Crippen MR) is 45.7 cm³/mol. The van der Waals surface area contributed by atoms with Crippen LogP contribution in [0.3, 0.4) is 0 Å². The van der Waals surface area contributed by atoms with E-state index in [1.165, 1.54) is 25.7 Å². The van der Waals surface area contributed by atoms with Gasteiger partial charge in [0.1, 0.15) is 0 Å².